The van der Waals surface area contributed by atoms with Crippen LogP contribution in [0, 0.1) is 11.8 Å². The highest BCUT2D eigenvalue weighted by molar-refractivity contribution is 5.89. The topological polar surface area (TPSA) is 66.8 Å². The molecule has 2 unspecified atom stereocenters. The molecule has 1 N–H and O–H groups in total. The van der Waals surface area contributed by atoms with E-state index in [2.05, 4.69) is 0 Å². The Morgan fingerprint density at radius 2 is 2.00 bits per heavy atom. The first-order valence-electron chi connectivity index (χ1n) is 7.82. The van der Waals surface area contributed by atoms with E-state index < -0.39 is 11.9 Å². The molecule has 1 aliphatic heterocycles. The lowest BCUT2D eigenvalue weighted by molar-refractivity contribution is -0.142. The fourth-order valence-electron chi connectivity index (χ4n) is 3.14. The monoisotopic (exact) mass is 303 g/mol. The number of amides is 1. The maximum atomic E-state index is 12.4. The van der Waals surface area contributed by atoms with Crippen LogP contribution in [0.4, 0.5) is 0 Å². The van der Waals surface area contributed by atoms with Crippen molar-refractivity contribution in [2.45, 2.75) is 31.9 Å². The van der Waals surface area contributed by atoms with Gasteiger partial charge in [-0.05, 0) is 24.8 Å². The van der Waals surface area contributed by atoms with Crippen molar-refractivity contribution in [3.05, 3.63) is 35.9 Å². The van der Waals surface area contributed by atoms with Gasteiger partial charge < -0.3 is 14.7 Å². The summed E-state index contributed by atoms with van der Waals surface area (Å²) in [6.45, 7) is 1.78. The molecule has 5 heteroatoms. The molecule has 3 atom stereocenters. The molecular formula is C17H21NO4. The molecule has 2 aliphatic rings. The summed E-state index contributed by atoms with van der Waals surface area (Å²) in [7, 11) is 0. The van der Waals surface area contributed by atoms with Gasteiger partial charge in [-0.2, -0.15) is 0 Å². The number of hydrogen-bond acceptors (Lipinski definition) is 3. The standard InChI is InChI=1S/C17H21NO4/c19-16(14-9-15(14)17(20)21)18-8-4-7-13(18)11-22-10-12-5-2-1-3-6-12/h1-3,5-6,13-15H,4,7-11H2,(H,20,21)/t13-,14?,15?/m1/s1. The predicted octanol–water partition coefficient (Wildman–Crippen LogP) is 1.91. The van der Waals surface area contributed by atoms with Crippen molar-refractivity contribution in [1.29, 1.82) is 0 Å². The molecule has 0 aromatic heterocycles. The van der Waals surface area contributed by atoms with E-state index in [9.17, 15) is 9.59 Å². The first kappa shape index (κ1) is 15.0. The number of nitrogens with zero attached hydrogens (tertiary/aromatic N) is 1. The Labute approximate surface area is 129 Å². The van der Waals surface area contributed by atoms with E-state index in [0.29, 0.717) is 19.6 Å². The SMILES string of the molecule is O=C(O)C1CC1C(=O)N1CCC[C@@H]1COCc1ccccc1. The lowest BCUT2D eigenvalue weighted by atomic mass is 10.2. The average Bonchev–Trinajstić information content (AvgIpc) is 3.20. The Bertz CT molecular complexity index is 545. The molecule has 22 heavy (non-hydrogen) atoms. The van der Waals surface area contributed by atoms with Gasteiger partial charge in [0, 0.05) is 6.54 Å². The molecule has 1 saturated carbocycles. The molecule has 1 aliphatic carbocycles. The Hall–Kier alpha value is -1.88. The third-order valence-corrected chi connectivity index (χ3v) is 4.51. The van der Waals surface area contributed by atoms with Gasteiger partial charge in [-0.3, -0.25) is 9.59 Å². The number of likely N-dealkylation sites (tertiary alicyclic amines) is 1. The number of carbonyl (C=O) groups is 2. The van der Waals surface area contributed by atoms with Crippen LogP contribution in [-0.2, 0) is 20.9 Å². The summed E-state index contributed by atoms with van der Waals surface area (Å²) >= 11 is 0. The number of hydrogen-bond donors (Lipinski definition) is 1. The largest absolute Gasteiger partial charge is 0.481 e. The average molecular weight is 303 g/mol. The molecule has 1 amide bonds. The van der Waals surface area contributed by atoms with E-state index in [-0.39, 0.29) is 17.9 Å². The zero-order valence-electron chi connectivity index (χ0n) is 12.5. The van der Waals surface area contributed by atoms with Gasteiger partial charge in [-0.25, -0.2) is 0 Å². The summed E-state index contributed by atoms with van der Waals surface area (Å²) in [5.41, 5.74) is 1.12. The number of benzene rings is 1. The summed E-state index contributed by atoms with van der Waals surface area (Å²) in [6, 6.07) is 10.0. The van der Waals surface area contributed by atoms with Crippen molar-refractivity contribution >= 4 is 11.9 Å². The first-order chi connectivity index (χ1) is 10.7. The van der Waals surface area contributed by atoms with Gasteiger partial charge in [-0.15, -0.1) is 0 Å². The van der Waals surface area contributed by atoms with Crippen LogP contribution < -0.4 is 0 Å². The lowest BCUT2D eigenvalue weighted by Crippen LogP contribution is -2.39. The predicted molar refractivity (Wildman–Crippen MR) is 80.1 cm³/mol. The third kappa shape index (κ3) is 3.30. The molecule has 2 fully saturated rings. The van der Waals surface area contributed by atoms with Gasteiger partial charge in [0.2, 0.25) is 5.91 Å². The quantitative estimate of drug-likeness (QED) is 0.872. The molecule has 1 aromatic carbocycles. The fourth-order valence-corrected chi connectivity index (χ4v) is 3.14. The highest BCUT2D eigenvalue weighted by atomic mass is 16.5. The fraction of sp³-hybridized carbons (Fsp3) is 0.529. The summed E-state index contributed by atoms with van der Waals surface area (Å²) in [6.07, 6.45) is 2.39. The zero-order chi connectivity index (χ0) is 15.5. The maximum Gasteiger partial charge on any atom is 0.307 e. The van der Waals surface area contributed by atoms with Crippen molar-refractivity contribution in [3.8, 4) is 0 Å². The van der Waals surface area contributed by atoms with Crippen LogP contribution in [0.2, 0.25) is 0 Å². The van der Waals surface area contributed by atoms with Crippen LogP contribution in [-0.4, -0.2) is 41.1 Å². The van der Waals surface area contributed by atoms with E-state index in [1.165, 1.54) is 0 Å². The van der Waals surface area contributed by atoms with Gasteiger partial charge in [0.25, 0.3) is 0 Å². The molecule has 0 radical (unpaired) electrons. The van der Waals surface area contributed by atoms with Crippen LogP contribution in [0.1, 0.15) is 24.8 Å². The Morgan fingerprint density at radius 1 is 1.23 bits per heavy atom. The first-order valence-corrected chi connectivity index (χ1v) is 7.82. The second-order valence-electron chi connectivity index (χ2n) is 6.12. The number of aliphatic carboxylic acids is 1. The highest BCUT2D eigenvalue weighted by Crippen LogP contribution is 2.41. The maximum absolute atomic E-state index is 12.4. The number of carboxylic acid groups (broad SMARTS) is 1. The Kier molecular flexibility index (Phi) is 4.43. The molecule has 0 bridgehead atoms. The van der Waals surface area contributed by atoms with Gasteiger partial charge in [-0.1, -0.05) is 30.3 Å². The molecule has 1 aromatic rings. The van der Waals surface area contributed by atoms with Crippen LogP contribution in [0.15, 0.2) is 30.3 Å². The van der Waals surface area contributed by atoms with Gasteiger partial charge >= 0.3 is 5.97 Å². The number of carbonyl (C=O) groups excluding carboxylic acids is 1. The molecule has 0 spiro atoms. The van der Waals surface area contributed by atoms with Gasteiger partial charge in [0.05, 0.1) is 31.1 Å². The molecule has 5 nitrogen and oxygen atoms in total. The normalized spacial score (nSPS) is 26.9. The minimum absolute atomic E-state index is 0.00166. The molecule has 118 valence electrons. The number of carboxylic acids is 1. The van der Waals surface area contributed by atoms with Gasteiger partial charge in [0.1, 0.15) is 0 Å². The third-order valence-electron chi connectivity index (χ3n) is 4.51. The second-order valence-corrected chi connectivity index (χ2v) is 6.12. The van der Waals surface area contributed by atoms with Crippen LogP contribution >= 0.6 is 0 Å². The molecule has 1 heterocycles. The summed E-state index contributed by atoms with van der Waals surface area (Å²) in [4.78, 5) is 25.1. The van der Waals surface area contributed by atoms with Crippen molar-refractivity contribution in [2.24, 2.45) is 11.8 Å². The minimum Gasteiger partial charge on any atom is -0.481 e. The minimum atomic E-state index is -0.852. The molecule has 1 saturated heterocycles. The summed E-state index contributed by atoms with van der Waals surface area (Å²) in [5, 5.41) is 8.95. The van der Waals surface area contributed by atoms with E-state index in [1.54, 1.807) is 0 Å². The van der Waals surface area contributed by atoms with E-state index >= 15 is 0 Å². The van der Waals surface area contributed by atoms with Crippen molar-refractivity contribution in [2.75, 3.05) is 13.2 Å². The highest BCUT2D eigenvalue weighted by Gasteiger charge is 2.51. The van der Waals surface area contributed by atoms with Gasteiger partial charge in [0.15, 0.2) is 0 Å². The van der Waals surface area contributed by atoms with Crippen LogP contribution in [0.5, 0.6) is 0 Å². The van der Waals surface area contributed by atoms with Crippen LogP contribution in [0.3, 0.4) is 0 Å². The summed E-state index contributed by atoms with van der Waals surface area (Å²) < 4.78 is 5.75. The van der Waals surface area contributed by atoms with E-state index in [0.717, 1.165) is 24.9 Å². The number of rotatable bonds is 6. The van der Waals surface area contributed by atoms with Crippen molar-refractivity contribution in [3.63, 3.8) is 0 Å². The Morgan fingerprint density at radius 3 is 2.68 bits per heavy atom. The van der Waals surface area contributed by atoms with Crippen molar-refractivity contribution < 1.29 is 19.4 Å². The molecule has 3 rings (SSSR count). The zero-order valence-corrected chi connectivity index (χ0v) is 12.5. The lowest BCUT2D eigenvalue weighted by Gasteiger charge is -2.24. The number of ether oxygens (including phenoxy) is 1. The smallest absolute Gasteiger partial charge is 0.307 e. The van der Waals surface area contributed by atoms with E-state index in [4.69, 9.17) is 9.84 Å². The van der Waals surface area contributed by atoms with E-state index in [1.807, 2.05) is 35.2 Å². The second kappa shape index (κ2) is 6.48. The molecular weight excluding hydrogens is 282 g/mol. The van der Waals surface area contributed by atoms with Crippen molar-refractivity contribution in [1.82, 2.24) is 4.90 Å². The Balaban J connectivity index is 1.49. The summed E-state index contributed by atoms with van der Waals surface area (Å²) in [5.74, 6) is -1.64. The van der Waals surface area contributed by atoms with Crippen LogP contribution in [0.25, 0.3) is 0 Å².